The molecule has 0 fully saturated rings. The van der Waals surface area contributed by atoms with Crippen LogP contribution in [0.5, 0.6) is 11.6 Å². The minimum atomic E-state index is -0.795. The lowest BCUT2D eigenvalue weighted by Gasteiger charge is -2.16. The van der Waals surface area contributed by atoms with Gasteiger partial charge in [0.25, 0.3) is 5.91 Å². The summed E-state index contributed by atoms with van der Waals surface area (Å²) in [4.78, 5) is 19.1. The van der Waals surface area contributed by atoms with Crippen LogP contribution in [0.4, 0.5) is 4.39 Å². The third kappa shape index (κ3) is 4.15. The summed E-state index contributed by atoms with van der Waals surface area (Å²) in [6, 6.07) is 14.0. The Hall–Kier alpha value is -4.04. The number of carbonyl (C=O) groups excluding carboxylic acids is 1. The summed E-state index contributed by atoms with van der Waals surface area (Å²) >= 11 is 0. The highest BCUT2D eigenvalue weighted by Crippen LogP contribution is 2.34. The van der Waals surface area contributed by atoms with Crippen LogP contribution in [-0.4, -0.2) is 30.7 Å². The number of benzene rings is 2. The highest BCUT2D eigenvalue weighted by molar-refractivity contribution is 6.00. The van der Waals surface area contributed by atoms with E-state index < -0.39 is 11.9 Å². The molecule has 1 aliphatic heterocycles. The molecule has 0 aliphatic carbocycles. The number of halogens is 1. The van der Waals surface area contributed by atoms with Gasteiger partial charge in [0, 0.05) is 38.1 Å². The van der Waals surface area contributed by atoms with E-state index >= 15 is 0 Å². The Balaban J connectivity index is 1.34. The molecule has 34 heavy (non-hydrogen) atoms. The van der Waals surface area contributed by atoms with Gasteiger partial charge in [-0.05, 0) is 47.4 Å². The van der Waals surface area contributed by atoms with Crippen LogP contribution in [0.3, 0.4) is 0 Å². The van der Waals surface area contributed by atoms with Crippen LogP contribution in [0.25, 0.3) is 11.1 Å². The number of hydrogen-bond acceptors (Lipinski definition) is 5. The molecule has 1 amide bonds. The highest BCUT2D eigenvalue weighted by Gasteiger charge is 2.32. The Morgan fingerprint density at radius 1 is 1.15 bits per heavy atom. The molecule has 7 nitrogen and oxygen atoms in total. The summed E-state index contributed by atoms with van der Waals surface area (Å²) in [5, 5.41) is 13.8. The predicted molar refractivity (Wildman–Crippen MR) is 124 cm³/mol. The van der Waals surface area contributed by atoms with Gasteiger partial charge in [0.1, 0.15) is 5.56 Å². The first kappa shape index (κ1) is 21.8. The maximum absolute atomic E-state index is 14.5. The highest BCUT2D eigenvalue weighted by atomic mass is 19.1. The lowest BCUT2D eigenvalue weighted by molar-refractivity contribution is 0.0764. The minimum Gasteiger partial charge on any atom is -0.435 e. The first-order chi connectivity index (χ1) is 16.4. The molecule has 0 spiro atoms. The van der Waals surface area contributed by atoms with Gasteiger partial charge in [0.15, 0.2) is 11.6 Å². The van der Waals surface area contributed by atoms with Crippen molar-refractivity contribution in [2.45, 2.75) is 26.1 Å². The Labute approximate surface area is 196 Å². The summed E-state index contributed by atoms with van der Waals surface area (Å²) in [5.74, 6) is -0.826. The number of aryl methyl sites for hydroxylation is 1. The predicted octanol–water partition coefficient (Wildman–Crippen LogP) is 4.62. The van der Waals surface area contributed by atoms with Crippen molar-refractivity contribution in [3.63, 3.8) is 0 Å². The van der Waals surface area contributed by atoms with Crippen LogP contribution >= 0.6 is 0 Å². The van der Waals surface area contributed by atoms with Crippen molar-refractivity contribution in [2.75, 3.05) is 0 Å². The lowest BCUT2D eigenvalue weighted by atomic mass is 10.1. The standard InChI is InChI=1S/C26H23FN4O3/c1-16(32)19-7-8-23(22(27)11-19)34-25-24-20(9-10-28-25)15-31(26(24)33)13-17-3-5-18(6-4-17)21-12-29-30(2)14-21/h3-12,14,16,32H,13,15H2,1-2H3. The van der Waals surface area contributed by atoms with Gasteiger partial charge in [0.2, 0.25) is 5.88 Å². The Morgan fingerprint density at radius 2 is 1.94 bits per heavy atom. The van der Waals surface area contributed by atoms with Crippen molar-refractivity contribution >= 4 is 5.91 Å². The van der Waals surface area contributed by atoms with Crippen molar-refractivity contribution in [1.82, 2.24) is 19.7 Å². The molecule has 1 atom stereocenters. The Kier molecular flexibility index (Phi) is 5.59. The molecule has 172 valence electrons. The number of ether oxygens (including phenoxy) is 1. The number of aliphatic hydroxyl groups excluding tert-OH is 1. The zero-order valence-corrected chi connectivity index (χ0v) is 18.8. The van der Waals surface area contributed by atoms with Crippen molar-refractivity contribution in [1.29, 1.82) is 0 Å². The van der Waals surface area contributed by atoms with Gasteiger partial charge >= 0.3 is 0 Å². The van der Waals surface area contributed by atoms with Gasteiger partial charge in [-0.2, -0.15) is 5.10 Å². The molecule has 1 unspecified atom stereocenters. The number of rotatable bonds is 6. The first-order valence-corrected chi connectivity index (χ1v) is 10.9. The van der Waals surface area contributed by atoms with E-state index in [0.717, 1.165) is 22.3 Å². The molecule has 0 radical (unpaired) electrons. The number of amides is 1. The van der Waals surface area contributed by atoms with Crippen LogP contribution in [0, 0.1) is 5.82 Å². The Bertz CT molecular complexity index is 1360. The van der Waals surface area contributed by atoms with Crippen molar-refractivity contribution in [2.24, 2.45) is 7.05 Å². The van der Waals surface area contributed by atoms with E-state index in [-0.39, 0.29) is 17.5 Å². The summed E-state index contributed by atoms with van der Waals surface area (Å²) in [6.45, 7) is 2.40. The third-order valence-corrected chi connectivity index (χ3v) is 5.88. The molecule has 0 bridgehead atoms. The van der Waals surface area contributed by atoms with E-state index in [1.807, 2.05) is 43.7 Å². The lowest BCUT2D eigenvalue weighted by Crippen LogP contribution is -2.23. The van der Waals surface area contributed by atoms with Gasteiger partial charge in [0.05, 0.1) is 12.3 Å². The number of aliphatic hydroxyl groups is 1. The van der Waals surface area contributed by atoms with Crippen molar-refractivity contribution < 1.29 is 19.0 Å². The van der Waals surface area contributed by atoms with Gasteiger partial charge in [-0.25, -0.2) is 9.37 Å². The quantitative estimate of drug-likeness (QED) is 0.456. The van der Waals surface area contributed by atoms with Gasteiger partial charge in [-0.3, -0.25) is 9.48 Å². The number of pyridine rings is 1. The van der Waals surface area contributed by atoms with E-state index in [1.54, 1.807) is 34.8 Å². The van der Waals surface area contributed by atoms with Crippen molar-refractivity contribution in [3.05, 3.63) is 95.2 Å². The SMILES string of the molecule is CC(O)c1ccc(Oc2nccc3c2C(=O)N(Cc2ccc(-c4cnn(C)c4)cc2)C3)c(F)c1. The zero-order valence-electron chi connectivity index (χ0n) is 18.8. The van der Waals surface area contributed by atoms with Crippen LogP contribution in [0.15, 0.2) is 67.1 Å². The second kappa shape index (κ2) is 8.72. The van der Waals surface area contributed by atoms with Crippen LogP contribution in [0.1, 0.15) is 40.1 Å². The molecule has 1 aliphatic rings. The average molecular weight is 458 g/mol. The fraction of sp³-hybridized carbons (Fsp3) is 0.192. The third-order valence-electron chi connectivity index (χ3n) is 5.88. The summed E-state index contributed by atoms with van der Waals surface area (Å²) in [6.07, 6.45) is 4.52. The first-order valence-electron chi connectivity index (χ1n) is 10.9. The zero-order chi connectivity index (χ0) is 23.8. The molecule has 8 heteroatoms. The second-order valence-electron chi connectivity index (χ2n) is 8.38. The summed E-state index contributed by atoms with van der Waals surface area (Å²) in [7, 11) is 1.88. The van der Waals surface area contributed by atoms with Crippen molar-refractivity contribution in [3.8, 4) is 22.8 Å². The van der Waals surface area contributed by atoms with Crippen LogP contribution in [-0.2, 0) is 20.1 Å². The molecule has 1 N–H and O–H groups in total. The summed E-state index contributed by atoms with van der Waals surface area (Å²) in [5.41, 5.74) is 4.63. The number of hydrogen-bond donors (Lipinski definition) is 1. The fourth-order valence-electron chi connectivity index (χ4n) is 4.04. The largest absolute Gasteiger partial charge is 0.435 e. The smallest absolute Gasteiger partial charge is 0.260 e. The van der Waals surface area contributed by atoms with E-state index in [1.165, 1.54) is 12.1 Å². The molecule has 0 saturated heterocycles. The molecule has 2 aromatic heterocycles. The van der Waals surface area contributed by atoms with E-state index in [4.69, 9.17) is 4.74 Å². The number of nitrogens with zero attached hydrogens (tertiary/aromatic N) is 4. The maximum Gasteiger partial charge on any atom is 0.260 e. The number of carbonyl (C=O) groups is 1. The average Bonchev–Trinajstić information content (AvgIpc) is 3.39. The molecule has 0 saturated carbocycles. The van der Waals surface area contributed by atoms with Gasteiger partial charge < -0.3 is 14.7 Å². The van der Waals surface area contributed by atoms with E-state index in [0.29, 0.717) is 24.2 Å². The number of aromatic nitrogens is 3. The van der Waals surface area contributed by atoms with Gasteiger partial charge in [-0.1, -0.05) is 30.3 Å². The molecule has 5 rings (SSSR count). The van der Waals surface area contributed by atoms with Gasteiger partial charge in [-0.15, -0.1) is 0 Å². The Morgan fingerprint density at radius 3 is 2.62 bits per heavy atom. The topological polar surface area (TPSA) is 80.5 Å². The molecular weight excluding hydrogens is 435 g/mol. The van der Waals surface area contributed by atoms with E-state index in [9.17, 15) is 14.3 Å². The van der Waals surface area contributed by atoms with E-state index in [2.05, 4.69) is 10.1 Å². The second-order valence-corrected chi connectivity index (χ2v) is 8.38. The molecule has 2 aromatic carbocycles. The fourth-order valence-corrected chi connectivity index (χ4v) is 4.04. The normalized spacial score (nSPS) is 13.8. The summed E-state index contributed by atoms with van der Waals surface area (Å²) < 4.78 is 22.0. The minimum absolute atomic E-state index is 0.0532. The van der Waals surface area contributed by atoms with Crippen LogP contribution < -0.4 is 4.74 Å². The number of fused-ring (bicyclic) bond motifs is 1. The molecule has 3 heterocycles. The van der Waals surface area contributed by atoms with Crippen LogP contribution in [0.2, 0.25) is 0 Å². The maximum atomic E-state index is 14.5. The molecular formula is C26H23FN4O3. The monoisotopic (exact) mass is 458 g/mol. The molecule has 4 aromatic rings.